The van der Waals surface area contributed by atoms with E-state index in [2.05, 4.69) is 4.99 Å². The first-order valence-electron chi connectivity index (χ1n) is 13.6. The number of aryl methyl sites for hydroxylation is 1. The first-order chi connectivity index (χ1) is 20.7. The fourth-order valence-corrected chi connectivity index (χ4v) is 6.41. The number of halogens is 2. The molecule has 216 valence electrons. The van der Waals surface area contributed by atoms with Gasteiger partial charge in [0.1, 0.15) is 5.69 Å². The Labute approximate surface area is 261 Å². The maximum Gasteiger partial charge on any atom is 0.338 e. The van der Waals surface area contributed by atoms with E-state index in [1.807, 2.05) is 79.9 Å². The molecule has 0 radical (unpaired) electrons. The summed E-state index contributed by atoms with van der Waals surface area (Å²) in [4.78, 5) is 32.5. The minimum absolute atomic E-state index is 0.212. The SMILES string of the molecule is CCOC(=O)C1=C(C)N=c2s/c(=C\c3cn(-c4ccccc4)nc3-c3ccc(Cl)c(Cl)c3)c(=O)n2C1c1ccc(C)cc1. The molecular weight excluding hydrogens is 603 g/mol. The predicted octanol–water partition coefficient (Wildman–Crippen LogP) is 6.27. The lowest BCUT2D eigenvalue weighted by Crippen LogP contribution is -2.39. The van der Waals surface area contributed by atoms with E-state index in [-0.39, 0.29) is 12.2 Å². The first kappa shape index (κ1) is 28.9. The van der Waals surface area contributed by atoms with Crippen molar-refractivity contribution >= 4 is 46.6 Å². The molecule has 43 heavy (non-hydrogen) atoms. The number of carbonyl (C=O) groups is 1. The van der Waals surface area contributed by atoms with Crippen LogP contribution in [0.2, 0.25) is 10.0 Å². The monoisotopic (exact) mass is 628 g/mol. The largest absolute Gasteiger partial charge is 0.463 e. The van der Waals surface area contributed by atoms with E-state index in [1.54, 1.807) is 35.2 Å². The third-order valence-electron chi connectivity index (χ3n) is 7.15. The number of hydrogen-bond donors (Lipinski definition) is 0. The van der Waals surface area contributed by atoms with Gasteiger partial charge in [0.2, 0.25) is 0 Å². The zero-order chi connectivity index (χ0) is 30.2. The Morgan fingerprint density at radius 1 is 1.02 bits per heavy atom. The van der Waals surface area contributed by atoms with Gasteiger partial charge < -0.3 is 4.74 Å². The molecule has 0 spiro atoms. The van der Waals surface area contributed by atoms with Crippen LogP contribution < -0.4 is 14.9 Å². The first-order valence-corrected chi connectivity index (χ1v) is 15.2. The van der Waals surface area contributed by atoms with Gasteiger partial charge in [-0.1, -0.05) is 88.6 Å². The van der Waals surface area contributed by atoms with Crippen molar-refractivity contribution in [3.8, 4) is 16.9 Å². The maximum absolute atomic E-state index is 14.2. The van der Waals surface area contributed by atoms with Gasteiger partial charge in [-0.2, -0.15) is 5.10 Å². The van der Waals surface area contributed by atoms with Crippen LogP contribution in [-0.4, -0.2) is 26.9 Å². The minimum atomic E-state index is -0.681. The molecule has 0 amide bonds. The number of rotatable bonds is 6. The van der Waals surface area contributed by atoms with Crippen molar-refractivity contribution in [3.05, 3.63) is 137 Å². The molecule has 0 saturated heterocycles. The Morgan fingerprint density at radius 3 is 2.47 bits per heavy atom. The van der Waals surface area contributed by atoms with Crippen molar-refractivity contribution in [1.82, 2.24) is 14.3 Å². The van der Waals surface area contributed by atoms with E-state index < -0.39 is 12.0 Å². The number of carbonyl (C=O) groups excluding carboxylic acids is 1. The van der Waals surface area contributed by atoms with Gasteiger partial charge >= 0.3 is 5.97 Å². The van der Waals surface area contributed by atoms with Crippen molar-refractivity contribution in [3.63, 3.8) is 0 Å². The molecule has 0 N–H and O–H groups in total. The third-order valence-corrected chi connectivity index (χ3v) is 8.88. The standard InChI is InChI=1S/C33H26Cl2N4O3S/c1-4-42-32(41)28-20(3)36-33-39(30(28)21-12-10-19(2)11-13-21)31(40)27(43-33)17-23-18-38(24-8-6-5-7-9-24)37-29(23)22-14-15-25(34)26(35)16-22/h5-18,30H,4H2,1-3H3/b27-17-. The maximum atomic E-state index is 14.2. The van der Waals surface area contributed by atoms with Gasteiger partial charge in [0, 0.05) is 17.3 Å². The molecule has 6 rings (SSSR count). The molecule has 10 heteroatoms. The number of hydrogen-bond acceptors (Lipinski definition) is 6. The predicted molar refractivity (Wildman–Crippen MR) is 171 cm³/mol. The number of para-hydroxylation sites is 1. The summed E-state index contributed by atoms with van der Waals surface area (Å²) in [6.07, 6.45) is 3.68. The average Bonchev–Trinajstić information content (AvgIpc) is 3.55. The summed E-state index contributed by atoms with van der Waals surface area (Å²) in [7, 11) is 0. The summed E-state index contributed by atoms with van der Waals surface area (Å²) < 4.78 is 9.20. The van der Waals surface area contributed by atoms with Crippen LogP contribution in [0.1, 0.15) is 36.6 Å². The van der Waals surface area contributed by atoms with Crippen LogP contribution in [0, 0.1) is 6.92 Å². The van der Waals surface area contributed by atoms with Gasteiger partial charge in [-0.15, -0.1) is 0 Å². The lowest BCUT2D eigenvalue weighted by atomic mass is 9.95. The number of nitrogens with zero attached hydrogens (tertiary/aromatic N) is 4. The van der Waals surface area contributed by atoms with Crippen LogP contribution in [0.3, 0.4) is 0 Å². The molecule has 2 aromatic heterocycles. The third kappa shape index (κ3) is 5.49. The van der Waals surface area contributed by atoms with Crippen molar-refractivity contribution in [2.24, 2.45) is 4.99 Å². The molecule has 3 heterocycles. The fourth-order valence-electron chi connectivity index (χ4n) is 5.07. The van der Waals surface area contributed by atoms with Gasteiger partial charge in [0.15, 0.2) is 4.80 Å². The molecular formula is C33H26Cl2N4O3S. The van der Waals surface area contributed by atoms with Crippen molar-refractivity contribution in [1.29, 1.82) is 0 Å². The molecule has 1 aliphatic rings. The number of benzene rings is 3. The number of ether oxygens (including phenoxy) is 1. The van der Waals surface area contributed by atoms with Gasteiger partial charge in [-0.3, -0.25) is 9.36 Å². The molecule has 7 nitrogen and oxygen atoms in total. The summed E-state index contributed by atoms with van der Waals surface area (Å²) in [5.41, 5.74) is 5.41. The normalized spacial score (nSPS) is 14.9. The van der Waals surface area contributed by atoms with Crippen LogP contribution in [0.5, 0.6) is 0 Å². The zero-order valence-corrected chi connectivity index (χ0v) is 25.9. The number of fused-ring (bicyclic) bond motifs is 1. The second kappa shape index (κ2) is 11.8. The van der Waals surface area contributed by atoms with Crippen molar-refractivity contribution in [2.45, 2.75) is 26.8 Å². The average molecular weight is 630 g/mol. The minimum Gasteiger partial charge on any atom is -0.463 e. The summed E-state index contributed by atoms with van der Waals surface area (Å²) >= 11 is 13.8. The Balaban J connectivity index is 1.57. The van der Waals surface area contributed by atoms with Crippen LogP contribution in [0.4, 0.5) is 0 Å². The quantitative estimate of drug-likeness (QED) is 0.208. The summed E-state index contributed by atoms with van der Waals surface area (Å²) in [6.45, 7) is 5.73. The van der Waals surface area contributed by atoms with E-state index in [1.165, 1.54) is 11.3 Å². The van der Waals surface area contributed by atoms with Gasteiger partial charge in [-0.05, 0) is 56.7 Å². The van der Waals surface area contributed by atoms with Crippen molar-refractivity contribution in [2.75, 3.05) is 6.61 Å². The van der Waals surface area contributed by atoms with Crippen LogP contribution in [-0.2, 0) is 9.53 Å². The smallest absolute Gasteiger partial charge is 0.338 e. The highest BCUT2D eigenvalue weighted by Crippen LogP contribution is 2.32. The fraction of sp³-hybridized carbons (Fsp3) is 0.152. The molecule has 0 bridgehead atoms. The molecule has 0 aliphatic carbocycles. The Bertz CT molecular complexity index is 2080. The van der Waals surface area contributed by atoms with Crippen molar-refractivity contribution < 1.29 is 9.53 Å². The second-order valence-electron chi connectivity index (χ2n) is 10.1. The molecule has 0 saturated carbocycles. The molecule has 0 fully saturated rings. The number of aromatic nitrogens is 3. The van der Waals surface area contributed by atoms with E-state index in [4.69, 9.17) is 33.0 Å². The summed E-state index contributed by atoms with van der Waals surface area (Å²) in [5, 5.41) is 5.69. The highest BCUT2D eigenvalue weighted by atomic mass is 35.5. The molecule has 1 unspecified atom stereocenters. The second-order valence-corrected chi connectivity index (χ2v) is 11.9. The lowest BCUT2D eigenvalue weighted by molar-refractivity contribution is -0.139. The van der Waals surface area contributed by atoms with Gasteiger partial charge in [0.25, 0.3) is 5.56 Å². The molecule has 3 aromatic carbocycles. The van der Waals surface area contributed by atoms with E-state index in [0.717, 1.165) is 22.4 Å². The van der Waals surface area contributed by atoms with Crippen LogP contribution in [0.15, 0.2) is 100 Å². The number of allylic oxidation sites excluding steroid dienone is 1. The zero-order valence-electron chi connectivity index (χ0n) is 23.5. The van der Waals surface area contributed by atoms with Gasteiger partial charge in [0.05, 0.1) is 44.2 Å². The molecule has 1 atom stereocenters. The van der Waals surface area contributed by atoms with E-state index in [9.17, 15) is 9.59 Å². The number of thiazole rings is 1. The van der Waals surface area contributed by atoms with Gasteiger partial charge in [-0.25, -0.2) is 14.5 Å². The van der Waals surface area contributed by atoms with E-state index in [0.29, 0.717) is 41.9 Å². The number of esters is 1. The Hall–Kier alpha value is -4.24. The Morgan fingerprint density at radius 2 is 1.77 bits per heavy atom. The van der Waals surface area contributed by atoms with Crippen LogP contribution >= 0.6 is 34.5 Å². The topological polar surface area (TPSA) is 78.5 Å². The summed E-state index contributed by atoms with van der Waals surface area (Å²) in [5.74, 6) is -0.491. The lowest BCUT2D eigenvalue weighted by Gasteiger charge is -2.24. The Kier molecular flexibility index (Phi) is 7.92. The molecule has 1 aliphatic heterocycles. The van der Waals surface area contributed by atoms with E-state index >= 15 is 0 Å². The highest BCUT2D eigenvalue weighted by molar-refractivity contribution is 7.07. The highest BCUT2D eigenvalue weighted by Gasteiger charge is 2.33. The molecule has 5 aromatic rings. The van der Waals surface area contributed by atoms with Crippen LogP contribution in [0.25, 0.3) is 23.0 Å². The summed E-state index contributed by atoms with van der Waals surface area (Å²) in [6, 6.07) is 22.1.